The van der Waals surface area contributed by atoms with Gasteiger partial charge in [0.2, 0.25) is 5.95 Å². The molecule has 0 aliphatic carbocycles. The van der Waals surface area contributed by atoms with Crippen molar-refractivity contribution >= 4 is 58.0 Å². The second-order valence-electron chi connectivity index (χ2n) is 7.63. The van der Waals surface area contributed by atoms with Crippen LogP contribution in [0.3, 0.4) is 0 Å². The van der Waals surface area contributed by atoms with Gasteiger partial charge in [-0.15, -0.1) is 5.10 Å². The number of hydrogen-bond acceptors (Lipinski definition) is 7. The Labute approximate surface area is 205 Å². The number of H-pyrrole nitrogens is 1. The maximum absolute atomic E-state index is 13.0. The maximum Gasteiger partial charge on any atom is 0.260 e. The number of carbonyl (C=O) groups is 1. The number of anilines is 3. The van der Waals surface area contributed by atoms with E-state index in [1.54, 1.807) is 24.0 Å². The van der Waals surface area contributed by atoms with Crippen molar-refractivity contribution in [3.63, 3.8) is 0 Å². The summed E-state index contributed by atoms with van der Waals surface area (Å²) >= 11 is 1.46. The number of amides is 1. The normalized spacial score (nSPS) is 11.3. The van der Waals surface area contributed by atoms with Crippen LogP contribution in [0.2, 0.25) is 0 Å². The number of nitrogens with zero attached hydrogens (tertiary/aromatic N) is 5. The minimum Gasteiger partial charge on any atom is -0.355 e. The number of aromatic amines is 1. The van der Waals surface area contributed by atoms with Crippen molar-refractivity contribution in [3.8, 4) is 0 Å². The molecule has 0 aliphatic rings. The van der Waals surface area contributed by atoms with Gasteiger partial charge in [-0.1, -0.05) is 30.0 Å². The van der Waals surface area contributed by atoms with Gasteiger partial charge in [-0.25, -0.2) is 4.68 Å². The molecule has 10 heteroatoms. The van der Waals surface area contributed by atoms with Crippen LogP contribution < -0.4 is 10.6 Å². The SMILES string of the molecule is CSc1nc(NC(=O)c2ccccc2Nc2ccc3c(/C=C/c4ccccn4)n[nH]c3c2)nn1C. The average molecular weight is 483 g/mol. The van der Waals surface area contributed by atoms with E-state index in [9.17, 15) is 4.79 Å². The molecular weight excluding hydrogens is 460 g/mol. The first-order chi connectivity index (χ1) is 17.1. The lowest BCUT2D eigenvalue weighted by atomic mass is 10.1. The predicted molar refractivity (Wildman–Crippen MR) is 140 cm³/mol. The predicted octanol–water partition coefficient (Wildman–Crippen LogP) is 4.97. The summed E-state index contributed by atoms with van der Waals surface area (Å²) in [4.78, 5) is 21.6. The molecule has 3 aromatic heterocycles. The molecule has 1 amide bonds. The Morgan fingerprint density at radius 2 is 1.94 bits per heavy atom. The first kappa shape index (κ1) is 22.4. The van der Waals surface area contributed by atoms with Crippen LogP contribution in [0.4, 0.5) is 17.3 Å². The van der Waals surface area contributed by atoms with Crippen molar-refractivity contribution in [2.24, 2.45) is 7.05 Å². The highest BCUT2D eigenvalue weighted by Gasteiger charge is 2.15. The van der Waals surface area contributed by atoms with Crippen molar-refractivity contribution in [2.75, 3.05) is 16.9 Å². The first-order valence-corrected chi connectivity index (χ1v) is 12.0. The van der Waals surface area contributed by atoms with Gasteiger partial charge in [0.05, 0.1) is 28.2 Å². The Hall–Kier alpha value is -4.44. The molecule has 2 aromatic carbocycles. The second-order valence-corrected chi connectivity index (χ2v) is 8.40. The van der Waals surface area contributed by atoms with Gasteiger partial charge in [0.25, 0.3) is 5.91 Å². The molecule has 0 radical (unpaired) electrons. The molecule has 35 heavy (non-hydrogen) atoms. The zero-order valence-electron chi connectivity index (χ0n) is 19.1. The number of aromatic nitrogens is 6. The van der Waals surface area contributed by atoms with Crippen molar-refractivity contribution in [1.82, 2.24) is 29.9 Å². The number of fused-ring (bicyclic) bond motifs is 1. The van der Waals surface area contributed by atoms with E-state index < -0.39 is 0 Å². The molecule has 0 saturated heterocycles. The van der Waals surface area contributed by atoms with Gasteiger partial charge in [-0.2, -0.15) is 10.1 Å². The molecule has 0 spiro atoms. The third kappa shape index (κ3) is 4.92. The Balaban J connectivity index is 1.35. The van der Waals surface area contributed by atoms with Crippen LogP contribution in [-0.4, -0.2) is 42.1 Å². The molecule has 5 rings (SSSR count). The average Bonchev–Trinajstić information content (AvgIpc) is 3.45. The number of para-hydroxylation sites is 1. The van der Waals surface area contributed by atoms with E-state index in [1.165, 1.54) is 11.8 Å². The maximum atomic E-state index is 13.0. The summed E-state index contributed by atoms with van der Waals surface area (Å²) in [6.07, 6.45) is 7.52. The molecule has 0 bridgehead atoms. The highest BCUT2D eigenvalue weighted by Crippen LogP contribution is 2.26. The molecule has 0 aliphatic heterocycles. The number of aryl methyl sites for hydroxylation is 1. The van der Waals surface area contributed by atoms with Crippen LogP contribution in [0.25, 0.3) is 23.1 Å². The lowest BCUT2D eigenvalue weighted by Crippen LogP contribution is -2.15. The van der Waals surface area contributed by atoms with Crippen LogP contribution in [0.5, 0.6) is 0 Å². The fourth-order valence-corrected chi connectivity index (χ4v) is 4.08. The lowest BCUT2D eigenvalue weighted by molar-refractivity contribution is 0.102. The molecule has 0 fully saturated rings. The van der Waals surface area contributed by atoms with Gasteiger partial charge >= 0.3 is 0 Å². The molecule has 0 unspecified atom stereocenters. The molecule has 5 aromatic rings. The second kappa shape index (κ2) is 9.82. The number of nitrogens with one attached hydrogen (secondary N) is 3. The minimum atomic E-state index is -0.295. The van der Waals surface area contributed by atoms with Gasteiger partial charge in [0.1, 0.15) is 0 Å². The van der Waals surface area contributed by atoms with E-state index in [1.807, 2.05) is 73.0 Å². The van der Waals surface area contributed by atoms with E-state index in [0.29, 0.717) is 16.4 Å². The zero-order valence-corrected chi connectivity index (χ0v) is 19.9. The van der Waals surface area contributed by atoms with Gasteiger partial charge in [-0.05, 0) is 60.9 Å². The number of benzene rings is 2. The summed E-state index contributed by atoms with van der Waals surface area (Å²) in [5, 5.41) is 19.6. The van der Waals surface area contributed by atoms with Crippen LogP contribution >= 0.6 is 11.8 Å². The standard InChI is InChI=1S/C25H22N8OS/c1-33-25(35-2)29-24(32-33)28-23(34)19-8-3-4-9-20(19)27-17-10-12-18-21(30-31-22(18)15-17)13-11-16-7-5-6-14-26-16/h3-15,27H,1-2H3,(H,30,31)(H,28,32,34)/b13-11+. The molecule has 3 heterocycles. The van der Waals surface area contributed by atoms with Gasteiger partial charge in [-0.3, -0.25) is 20.2 Å². The summed E-state index contributed by atoms with van der Waals surface area (Å²) in [5.74, 6) is -0.0299. The largest absolute Gasteiger partial charge is 0.355 e. The Morgan fingerprint density at radius 3 is 2.74 bits per heavy atom. The van der Waals surface area contributed by atoms with E-state index in [4.69, 9.17) is 0 Å². The highest BCUT2D eigenvalue weighted by molar-refractivity contribution is 7.98. The summed E-state index contributed by atoms with van der Waals surface area (Å²) < 4.78 is 1.63. The Kier molecular flexibility index (Phi) is 6.27. The molecule has 9 nitrogen and oxygen atoms in total. The fraction of sp³-hybridized carbons (Fsp3) is 0.0800. The van der Waals surface area contributed by atoms with Gasteiger partial charge in [0, 0.05) is 24.3 Å². The molecule has 3 N–H and O–H groups in total. The Bertz CT molecular complexity index is 1520. The van der Waals surface area contributed by atoms with Crippen LogP contribution in [-0.2, 0) is 7.05 Å². The molecule has 174 valence electrons. The van der Waals surface area contributed by atoms with E-state index in [0.717, 1.165) is 28.0 Å². The van der Waals surface area contributed by atoms with Crippen molar-refractivity contribution < 1.29 is 4.79 Å². The molecule has 0 saturated carbocycles. The van der Waals surface area contributed by atoms with Crippen LogP contribution in [0.1, 0.15) is 21.7 Å². The quantitative estimate of drug-likeness (QED) is 0.281. The van der Waals surface area contributed by atoms with Crippen molar-refractivity contribution in [2.45, 2.75) is 5.16 Å². The van der Waals surface area contributed by atoms with E-state index >= 15 is 0 Å². The monoisotopic (exact) mass is 482 g/mol. The van der Waals surface area contributed by atoms with Gasteiger partial charge < -0.3 is 5.32 Å². The number of carbonyl (C=O) groups excluding carboxylic acids is 1. The van der Waals surface area contributed by atoms with E-state index in [-0.39, 0.29) is 11.9 Å². The number of hydrogen-bond donors (Lipinski definition) is 3. The molecule has 0 atom stereocenters. The van der Waals surface area contributed by atoms with Crippen LogP contribution in [0, 0.1) is 0 Å². The van der Waals surface area contributed by atoms with Gasteiger partial charge in [0.15, 0.2) is 5.16 Å². The smallest absolute Gasteiger partial charge is 0.260 e. The van der Waals surface area contributed by atoms with Crippen LogP contribution in [0.15, 0.2) is 72.0 Å². The molecular formula is C25H22N8OS. The minimum absolute atomic E-state index is 0.266. The first-order valence-electron chi connectivity index (χ1n) is 10.8. The number of thioether (sulfide) groups is 1. The summed E-state index contributed by atoms with van der Waals surface area (Å²) in [6, 6.07) is 19.0. The summed E-state index contributed by atoms with van der Waals surface area (Å²) in [7, 11) is 1.79. The Morgan fingerprint density at radius 1 is 1.09 bits per heavy atom. The lowest BCUT2D eigenvalue weighted by Gasteiger charge is -2.11. The number of pyridine rings is 1. The zero-order chi connectivity index (χ0) is 24.2. The van der Waals surface area contributed by atoms with Crippen molar-refractivity contribution in [1.29, 1.82) is 0 Å². The van der Waals surface area contributed by atoms with E-state index in [2.05, 4.69) is 35.9 Å². The highest BCUT2D eigenvalue weighted by atomic mass is 32.2. The van der Waals surface area contributed by atoms with Crippen molar-refractivity contribution in [3.05, 3.63) is 83.8 Å². The number of rotatable bonds is 7. The third-order valence-electron chi connectivity index (χ3n) is 5.27. The third-order valence-corrected chi connectivity index (χ3v) is 5.99. The summed E-state index contributed by atoms with van der Waals surface area (Å²) in [6.45, 7) is 0. The fourth-order valence-electron chi connectivity index (χ4n) is 3.60. The summed E-state index contributed by atoms with van der Waals surface area (Å²) in [5.41, 5.74) is 4.53. The topological polar surface area (TPSA) is 113 Å².